The highest BCUT2D eigenvalue weighted by atomic mass is 35.5. The molecule has 0 amide bonds. The van der Waals surface area contributed by atoms with Crippen LogP contribution >= 0.6 is 12.4 Å². The van der Waals surface area contributed by atoms with E-state index in [1.807, 2.05) is 0 Å². The largest absolute Gasteiger partial charge is 0.373 e. The van der Waals surface area contributed by atoms with Gasteiger partial charge in [-0.25, -0.2) is 0 Å². The maximum atomic E-state index is 5.67. The molecular weight excluding hydrogens is 178 g/mol. The Morgan fingerprint density at radius 1 is 1.08 bits per heavy atom. The highest BCUT2D eigenvalue weighted by molar-refractivity contribution is 5.85. The van der Waals surface area contributed by atoms with Gasteiger partial charge < -0.3 is 14.8 Å². The van der Waals surface area contributed by atoms with Gasteiger partial charge in [0, 0.05) is 18.5 Å². The Balaban J connectivity index is 0.000000563. The van der Waals surface area contributed by atoms with Crippen LogP contribution in [0.1, 0.15) is 6.42 Å². The fourth-order valence-corrected chi connectivity index (χ4v) is 2.60. The van der Waals surface area contributed by atoms with Gasteiger partial charge in [0.1, 0.15) is 0 Å². The highest BCUT2D eigenvalue weighted by Gasteiger charge is 2.50. The minimum absolute atomic E-state index is 0. The van der Waals surface area contributed by atoms with Crippen molar-refractivity contribution in [2.45, 2.75) is 24.7 Å². The maximum absolute atomic E-state index is 5.67. The summed E-state index contributed by atoms with van der Waals surface area (Å²) in [5.41, 5.74) is 0. The molecule has 3 fully saturated rings. The number of hydrogen-bond acceptors (Lipinski definition) is 3. The molecule has 70 valence electrons. The molecule has 3 rings (SSSR count). The molecule has 1 N–H and O–H groups in total. The summed E-state index contributed by atoms with van der Waals surface area (Å²) in [4.78, 5) is 0. The molecule has 0 radical (unpaired) electrons. The summed E-state index contributed by atoms with van der Waals surface area (Å²) in [6.45, 7) is 2.71. The molecule has 12 heavy (non-hydrogen) atoms. The predicted octanol–water partition coefficient (Wildman–Crippen LogP) is 0.184. The number of nitrogens with one attached hydrogen (secondary N) is 1. The van der Waals surface area contributed by atoms with Crippen LogP contribution in [0.25, 0.3) is 0 Å². The van der Waals surface area contributed by atoms with Gasteiger partial charge in [-0.3, -0.25) is 0 Å². The van der Waals surface area contributed by atoms with Crippen LogP contribution in [0.15, 0.2) is 0 Å². The summed E-state index contributed by atoms with van der Waals surface area (Å²) in [5.74, 6) is 0.727. The SMILES string of the molecule is C1COC2C3CC(CN3)C2O1.Cl. The van der Waals surface area contributed by atoms with Gasteiger partial charge in [0.2, 0.25) is 0 Å². The molecular formula is C8H14ClNO2. The first-order valence-electron chi connectivity index (χ1n) is 4.42. The Kier molecular flexibility index (Phi) is 2.29. The smallest absolute Gasteiger partial charge is 0.0993 e. The second-order valence-electron chi connectivity index (χ2n) is 3.68. The molecule has 2 bridgehead atoms. The number of hydrogen-bond donors (Lipinski definition) is 1. The van der Waals surface area contributed by atoms with Crippen molar-refractivity contribution in [3.63, 3.8) is 0 Å². The highest BCUT2D eigenvalue weighted by Crippen LogP contribution is 2.37. The fraction of sp³-hybridized carbons (Fsp3) is 1.00. The fourth-order valence-electron chi connectivity index (χ4n) is 2.60. The summed E-state index contributed by atoms with van der Waals surface area (Å²) in [6.07, 6.45) is 2.03. The zero-order valence-electron chi connectivity index (χ0n) is 6.86. The van der Waals surface area contributed by atoms with Gasteiger partial charge in [0.15, 0.2) is 0 Å². The van der Waals surface area contributed by atoms with Crippen molar-refractivity contribution >= 4 is 12.4 Å². The van der Waals surface area contributed by atoms with Crippen LogP contribution in [-0.2, 0) is 9.47 Å². The van der Waals surface area contributed by atoms with Crippen molar-refractivity contribution in [2.24, 2.45) is 5.92 Å². The van der Waals surface area contributed by atoms with Crippen molar-refractivity contribution in [1.82, 2.24) is 5.32 Å². The van der Waals surface area contributed by atoms with Gasteiger partial charge in [-0.15, -0.1) is 12.4 Å². The normalized spacial score (nSPS) is 50.0. The van der Waals surface area contributed by atoms with Gasteiger partial charge in [0.05, 0.1) is 25.4 Å². The Morgan fingerprint density at radius 2 is 1.83 bits per heavy atom. The summed E-state index contributed by atoms with van der Waals surface area (Å²) in [6, 6.07) is 0.588. The molecule has 3 nitrogen and oxygen atoms in total. The number of ether oxygens (including phenoxy) is 2. The lowest BCUT2D eigenvalue weighted by molar-refractivity contribution is -0.150. The monoisotopic (exact) mass is 191 g/mol. The Hall–Kier alpha value is 0.170. The lowest BCUT2D eigenvalue weighted by Crippen LogP contribution is -2.51. The summed E-state index contributed by atoms with van der Waals surface area (Å²) in [5, 5.41) is 3.45. The molecule has 0 spiro atoms. The van der Waals surface area contributed by atoms with Gasteiger partial charge in [-0.1, -0.05) is 0 Å². The molecule has 4 heteroatoms. The van der Waals surface area contributed by atoms with Crippen LogP contribution in [0.5, 0.6) is 0 Å². The van der Waals surface area contributed by atoms with Crippen molar-refractivity contribution in [2.75, 3.05) is 19.8 Å². The Labute approximate surface area is 78.2 Å². The number of fused-ring (bicyclic) bond motifs is 5. The summed E-state index contributed by atoms with van der Waals surface area (Å²) in [7, 11) is 0. The van der Waals surface area contributed by atoms with E-state index in [4.69, 9.17) is 9.47 Å². The minimum Gasteiger partial charge on any atom is -0.373 e. The van der Waals surface area contributed by atoms with Crippen LogP contribution in [0.3, 0.4) is 0 Å². The predicted molar refractivity (Wildman–Crippen MR) is 46.6 cm³/mol. The van der Waals surface area contributed by atoms with Crippen LogP contribution in [0.2, 0.25) is 0 Å². The Bertz CT molecular complexity index is 160. The van der Waals surface area contributed by atoms with E-state index in [0.29, 0.717) is 18.2 Å². The van der Waals surface area contributed by atoms with Crippen LogP contribution in [0.4, 0.5) is 0 Å². The molecule has 2 aliphatic heterocycles. The second-order valence-corrected chi connectivity index (χ2v) is 3.68. The van der Waals surface area contributed by atoms with E-state index in [9.17, 15) is 0 Å². The van der Waals surface area contributed by atoms with E-state index in [2.05, 4.69) is 5.32 Å². The van der Waals surface area contributed by atoms with Crippen molar-refractivity contribution in [1.29, 1.82) is 0 Å². The molecule has 0 aromatic carbocycles. The molecule has 2 saturated heterocycles. The Morgan fingerprint density at radius 3 is 2.58 bits per heavy atom. The van der Waals surface area contributed by atoms with Crippen molar-refractivity contribution in [3.8, 4) is 0 Å². The molecule has 1 aliphatic carbocycles. The van der Waals surface area contributed by atoms with Crippen LogP contribution < -0.4 is 5.32 Å². The lowest BCUT2D eigenvalue weighted by Gasteiger charge is -2.35. The number of rotatable bonds is 0. The zero-order valence-corrected chi connectivity index (χ0v) is 7.68. The zero-order chi connectivity index (χ0) is 7.26. The van der Waals surface area contributed by atoms with Gasteiger partial charge in [0.25, 0.3) is 0 Å². The second kappa shape index (κ2) is 3.14. The van der Waals surface area contributed by atoms with E-state index in [-0.39, 0.29) is 12.4 Å². The average Bonchev–Trinajstić information content (AvgIpc) is 2.64. The van der Waals surface area contributed by atoms with Crippen LogP contribution in [0, 0.1) is 5.92 Å². The van der Waals surface area contributed by atoms with Crippen molar-refractivity contribution < 1.29 is 9.47 Å². The third kappa shape index (κ3) is 1.08. The molecule has 3 aliphatic rings. The molecule has 0 aromatic rings. The van der Waals surface area contributed by atoms with E-state index >= 15 is 0 Å². The van der Waals surface area contributed by atoms with E-state index in [1.54, 1.807) is 0 Å². The van der Waals surface area contributed by atoms with Gasteiger partial charge in [-0.2, -0.15) is 0 Å². The van der Waals surface area contributed by atoms with Gasteiger partial charge >= 0.3 is 0 Å². The molecule has 4 unspecified atom stereocenters. The molecule has 0 aromatic heterocycles. The summed E-state index contributed by atoms with van der Waals surface area (Å²) >= 11 is 0. The van der Waals surface area contributed by atoms with E-state index in [0.717, 1.165) is 25.7 Å². The first-order valence-corrected chi connectivity index (χ1v) is 4.42. The lowest BCUT2D eigenvalue weighted by atomic mass is 10.0. The number of piperidine rings is 1. The maximum Gasteiger partial charge on any atom is 0.0993 e. The third-order valence-electron chi connectivity index (χ3n) is 3.09. The van der Waals surface area contributed by atoms with E-state index < -0.39 is 0 Å². The third-order valence-corrected chi connectivity index (χ3v) is 3.09. The average molecular weight is 192 g/mol. The first-order chi connectivity index (χ1) is 5.45. The number of halogens is 1. The molecule has 1 saturated carbocycles. The summed E-state index contributed by atoms with van der Waals surface area (Å²) < 4.78 is 11.3. The quantitative estimate of drug-likeness (QED) is 0.593. The van der Waals surface area contributed by atoms with Crippen molar-refractivity contribution in [3.05, 3.63) is 0 Å². The minimum atomic E-state index is 0. The van der Waals surface area contributed by atoms with E-state index in [1.165, 1.54) is 6.42 Å². The van der Waals surface area contributed by atoms with Crippen LogP contribution in [-0.4, -0.2) is 38.0 Å². The van der Waals surface area contributed by atoms with Gasteiger partial charge in [-0.05, 0) is 6.42 Å². The standard InChI is InChI=1S/C8H13NO2.ClH/c1-2-11-8-6-3-5(4-9-6)7(8)10-1;/h5-9H,1-4H2;1H. The first kappa shape index (κ1) is 8.75. The topological polar surface area (TPSA) is 30.5 Å². The molecule has 4 atom stereocenters. The molecule has 2 heterocycles.